The predicted octanol–water partition coefficient (Wildman–Crippen LogP) is 5.21. The van der Waals surface area contributed by atoms with Crippen LogP contribution >= 0.6 is 0 Å². The lowest BCUT2D eigenvalue weighted by Gasteiger charge is -2.35. The maximum atomic E-state index is 14.2. The van der Waals surface area contributed by atoms with Crippen molar-refractivity contribution in [3.8, 4) is 34.3 Å². The fourth-order valence-corrected chi connectivity index (χ4v) is 4.99. The number of alkyl halides is 3. The van der Waals surface area contributed by atoms with Crippen LogP contribution in [0.15, 0.2) is 42.5 Å². The molecule has 0 aliphatic carbocycles. The van der Waals surface area contributed by atoms with E-state index < -0.39 is 17.8 Å². The number of carbonyl (C=O) groups is 1. The van der Waals surface area contributed by atoms with Crippen molar-refractivity contribution in [2.75, 3.05) is 35.0 Å². The van der Waals surface area contributed by atoms with Gasteiger partial charge in [-0.05, 0) is 60.9 Å². The lowest BCUT2D eigenvalue weighted by molar-refractivity contribution is -0.142. The van der Waals surface area contributed by atoms with Crippen LogP contribution in [0.1, 0.15) is 40.3 Å². The Morgan fingerprint density at radius 3 is 2.20 bits per heavy atom. The SMILES string of the molecule is COc1ccc(-c2cc(C(F)(F)F)n3nc(C(=O)N4CCc5cc(OC)c(OC)cc5C4C)cc3n2)cc1OC. The van der Waals surface area contributed by atoms with Gasteiger partial charge in [0.1, 0.15) is 0 Å². The molecule has 210 valence electrons. The first-order chi connectivity index (χ1) is 19.1. The summed E-state index contributed by atoms with van der Waals surface area (Å²) in [6.07, 6.45) is -4.22. The van der Waals surface area contributed by atoms with E-state index in [1.807, 2.05) is 19.1 Å². The van der Waals surface area contributed by atoms with Crippen LogP contribution in [0.4, 0.5) is 13.2 Å². The Kier molecular flexibility index (Phi) is 6.94. The van der Waals surface area contributed by atoms with Gasteiger partial charge in [0.2, 0.25) is 0 Å². The van der Waals surface area contributed by atoms with Crippen molar-refractivity contribution in [1.82, 2.24) is 19.5 Å². The molecule has 4 aromatic rings. The van der Waals surface area contributed by atoms with E-state index in [0.29, 0.717) is 46.0 Å². The zero-order valence-corrected chi connectivity index (χ0v) is 22.5. The summed E-state index contributed by atoms with van der Waals surface area (Å²) in [5.41, 5.74) is 0.981. The van der Waals surface area contributed by atoms with Gasteiger partial charge in [0.05, 0.1) is 40.2 Å². The molecule has 0 bridgehead atoms. The molecule has 40 heavy (non-hydrogen) atoms. The summed E-state index contributed by atoms with van der Waals surface area (Å²) >= 11 is 0. The van der Waals surface area contributed by atoms with E-state index in [1.165, 1.54) is 33.5 Å². The van der Waals surface area contributed by atoms with Crippen molar-refractivity contribution in [1.29, 1.82) is 0 Å². The minimum Gasteiger partial charge on any atom is -0.493 e. The van der Waals surface area contributed by atoms with E-state index in [-0.39, 0.29) is 23.1 Å². The minimum absolute atomic E-state index is 0.0426. The van der Waals surface area contributed by atoms with Crippen LogP contribution in [0.5, 0.6) is 23.0 Å². The van der Waals surface area contributed by atoms with E-state index in [4.69, 9.17) is 18.9 Å². The fourth-order valence-electron chi connectivity index (χ4n) is 4.99. The minimum atomic E-state index is -4.76. The summed E-state index contributed by atoms with van der Waals surface area (Å²) in [6.45, 7) is 2.21. The van der Waals surface area contributed by atoms with Gasteiger partial charge in [-0.2, -0.15) is 18.3 Å². The average Bonchev–Trinajstić information content (AvgIpc) is 3.39. The van der Waals surface area contributed by atoms with Gasteiger partial charge in [-0.1, -0.05) is 0 Å². The largest absolute Gasteiger partial charge is 0.493 e. The fraction of sp³-hybridized carbons (Fsp3) is 0.321. The molecule has 0 radical (unpaired) electrons. The van der Waals surface area contributed by atoms with E-state index in [1.54, 1.807) is 24.1 Å². The third-order valence-corrected chi connectivity index (χ3v) is 7.06. The number of hydrogen-bond donors (Lipinski definition) is 0. The average molecular weight is 557 g/mol. The third kappa shape index (κ3) is 4.63. The lowest BCUT2D eigenvalue weighted by Crippen LogP contribution is -2.39. The molecule has 12 heteroatoms. The molecular weight excluding hydrogens is 529 g/mol. The molecular formula is C28H27F3N4O5. The topological polar surface area (TPSA) is 87.4 Å². The zero-order chi connectivity index (χ0) is 28.8. The van der Waals surface area contributed by atoms with Crippen molar-refractivity contribution < 1.29 is 36.9 Å². The molecule has 1 aliphatic rings. The highest BCUT2D eigenvalue weighted by Gasteiger charge is 2.37. The number of fused-ring (bicyclic) bond motifs is 2. The molecule has 1 amide bonds. The predicted molar refractivity (Wildman–Crippen MR) is 139 cm³/mol. The standard InChI is InChI=1S/C28H27F3N4O5/c1-15-18-12-24(40-5)23(39-4)10-16(18)8-9-34(15)27(36)20-14-26-32-19(13-25(28(29,30)31)35(26)33-20)17-6-7-21(37-2)22(11-17)38-3/h6-7,10-15H,8-9H2,1-5H3. The number of benzene rings is 2. The Hall–Kier alpha value is -4.48. The molecule has 1 atom stereocenters. The maximum Gasteiger partial charge on any atom is 0.433 e. The van der Waals surface area contributed by atoms with Crippen molar-refractivity contribution in [3.05, 3.63) is 65.0 Å². The van der Waals surface area contributed by atoms with Crippen LogP contribution in [0.2, 0.25) is 0 Å². The van der Waals surface area contributed by atoms with Crippen LogP contribution in [0.3, 0.4) is 0 Å². The molecule has 0 saturated heterocycles. The van der Waals surface area contributed by atoms with Gasteiger partial charge in [-0.15, -0.1) is 0 Å². The van der Waals surface area contributed by atoms with Crippen LogP contribution in [-0.2, 0) is 12.6 Å². The number of carbonyl (C=O) groups excluding carboxylic acids is 1. The molecule has 1 unspecified atom stereocenters. The second kappa shape index (κ2) is 10.2. The lowest BCUT2D eigenvalue weighted by atomic mass is 9.92. The molecule has 0 spiro atoms. The van der Waals surface area contributed by atoms with Gasteiger partial charge in [0.15, 0.2) is 40.0 Å². The quantitative estimate of drug-likeness (QED) is 0.322. The van der Waals surface area contributed by atoms with Gasteiger partial charge in [0.25, 0.3) is 5.91 Å². The molecule has 0 N–H and O–H groups in total. The molecule has 5 rings (SSSR count). The summed E-state index contributed by atoms with van der Waals surface area (Å²) in [5.74, 6) is 1.38. The number of hydrogen-bond acceptors (Lipinski definition) is 7. The number of nitrogens with zero attached hydrogens (tertiary/aromatic N) is 4. The number of ether oxygens (including phenoxy) is 4. The number of amides is 1. The van der Waals surface area contributed by atoms with Crippen LogP contribution in [-0.4, -0.2) is 60.4 Å². The first-order valence-corrected chi connectivity index (χ1v) is 12.4. The Morgan fingerprint density at radius 2 is 1.55 bits per heavy atom. The van der Waals surface area contributed by atoms with Gasteiger partial charge in [0, 0.05) is 18.2 Å². The smallest absolute Gasteiger partial charge is 0.433 e. The summed E-state index contributed by atoms with van der Waals surface area (Å²) in [4.78, 5) is 19.6. The van der Waals surface area contributed by atoms with Crippen molar-refractivity contribution in [2.24, 2.45) is 0 Å². The zero-order valence-electron chi connectivity index (χ0n) is 22.5. The highest BCUT2D eigenvalue weighted by Crippen LogP contribution is 2.39. The van der Waals surface area contributed by atoms with Crippen molar-refractivity contribution in [2.45, 2.75) is 25.6 Å². The monoisotopic (exact) mass is 556 g/mol. The number of rotatable bonds is 6. The Bertz CT molecular complexity index is 1600. The Balaban J connectivity index is 1.55. The second-order valence-electron chi connectivity index (χ2n) is 9.22. The third-order valence-electron chi connectivity index (χ3n) is 7.06. The molecule has 3 heterocycles. The molecule has 0 fully saturated rings. The van der Waals surface area contributed by atoms with Crippen LogP contribution < -0.4 is 18.9 Å². The summed E-state index contributed by atoms with van der Waals surface area (Å²) in [6, 6.07) is 10.2. The summed E-state index contributed by atoms with van der Waals surface area (Å²) in [5, 5.41) is 4.06. The second-order valence-corrected chi connectivity index (χ2v) is 9.22. The molecule has 0 saturated carbocycles. The van der Waals surface area contributed by atoms with Crippen LogP contribution in [0.25, 0.3) is 16.9 Å². The first kappa shape index (κ1) is 27.1. The first-order valence-electron chi connectivity index (χ1n) is 12.4. The van der Waals surface area contributed by atoms with E-state index in [0.717, 1.165) is 17.2 Å². The van der Waals surface area contributed by atoms with Crippen molar-refractivity contribution >= 4 is 11.6 Å². The summed E-state index contributed by atoms with van der Waals surface area (Å²) < 4.78 is 64.4. The molecule has 9 nitrogen and oxygen atoms in total. The van der Waals surface area contributed by atoms with Gasteiger partial charge in [-0.3, -0.25) is 4.79 Å². The highest BCUT2D eigenvalue weighted by atomic mass is 19.4. The van der Waals surface area contributed by atoms with E-state index in [9.17, 15) is 18.0 Å². The van der Waals surface area contributed by atoms with E-state index in [2.05, 4.69) is 10.1 Å². The molecule has 1 aliphatic heterocycles. The Labute approximate surface area is 228 Å². The maximum absolute atomic E-state index is 14.2. The van der Waals surface area contributed by atoms with Crippen LogP contribution in [0, 0.1) is 0 Å². The normalized spacial score (nSPS) is 15.1. The summed E-state index contributed by atoms with van der Waals surface area (Å²) in [7, 11) is 5.97. The van der Waals surface area contributed by atoms with E-state index >= 15 is 0 Å². The number of halogens is 3. The molecule has 2 aromatic carbocycles. The van der Waals surface area contributed by atoms with Gasteiger partial charge >= 0.3 is 6.18 Å². The number of aromatic nitrogens is 3. The Morgan fingerprint density at radius 1 is 0.900 bits per heavy atom. The van der Waals surface area contributed by atoms with Gasteiger partial charge in [-0.25, -0.2) is 9.50 Å². The highest BCUT2D eigenvalue weighted by molar-refractivity contribution is 5.94. The number of methoxy groups -OCH3 is 4. The van der Waals surface area contributed by atoms with Crippen molar-refractivity contribution in [3.63, 3.8) is 0 Å². The van der Waals surface area contributed by atoms with Gasteiger partial charge < -0.3 is 23.8 Å². The molecule has 2 aromatic heterocycles.